The van der Waals surface area contributed by atoms with Gasteiger partial charge in [0.1, 0.15) is 5.69 Å². The predicted octanol–water partition coefficient (Wildman–Crippen LogP) is 2.45. The SMILES string of the molecule is CC(C)Nc1cccnc1N1CCN(C(=O)c2ccc(C(=O)NC3CCC(=S)O3)cn2)CC1. The number of hydrogen-bond donors (Lipinski definition) is 2. The Morgan fingerprint density at radius 2 is 1.94 bits per heavy atom. The number of rotatable bonds is 6. The molecule has 2 N–H and O–H groups in total. The summed E-state index contributed by atoms with van der Waals surface area (Å²) in [6.45, 7) is 6.68. The van der Waals surface area contributed by atoms with Gasteiger partial charge in [0, 0.05) is 57.5 Å². The minimum Gasteiger partial charge on any atom is -0.464 e. The van der Waals surface area contributed by atoms with Gasteiger partial charge in [-0.15, -0.1) is 0 Å². The normalized spacial score (nSPS) is 18.3. The van der Waals surface area contributed by atoms with Gasteiger partial charge in [0.15, 0.2) is 17.1 Å². The molecule has 33 heavy (non-hydrogen) atoms. The van der Waals surface area contributed by atoms with E-state index in [2.05, 4.69) is 39.3 Å². The molecule has 4 heterocycles. The Kier molecular flexibility index (Phi) is 7.02. The van der Waals surface area contributed by atoms with Gasteiger partial charge in [-0.2, -0.15) is 0 Å². The molecule has 0 radical (unpaired) electrons. The number of piperazine rings is 1. The van der Waals surface area contributed by atoms with Gasteiger partial charge in [-0.1, -0.05) is 0 Å². The van der Waals surface area contributed by atoms with Crippen molar-refractivity contribution < 1.29 is 14.3 Å². The highest BCUT2D eigenvalue weighted by Crippen LogP contribution is 2.25. The van der Waals surface area contributed by atoms with Crippen LogP contribution in [0.3, 0.4) is 0 Å². The Morgan fingerprint density at radius 1 is 1.15 bits per heavy atom. The Balaban J connectivity index is 1.33. The van der Waals surface area contributed by atoms with E-state index < -0.39 is 6.23 Å². The summed E-state index contributed by atoms with van der Waals surface area (Å²) in [7, 11) is 0. The monoisotopic (exact) mass is 468 g/mol. The Hall–Kier alpha value is -3.27. The number of carbonyl (C=O) groups excluding carboxylic acids is 2. The van der Waals surface area contributed by atoms with E-state index in [9.17, 15) is 9.59 Å². The van der Waals surface area contributed by atoms with Crippen molar-refractivity contribution in [3.8, 4) is 0 Å². The van der Waals surface area contributed by atoms with E-state index in [1.165, 1.54) is 6.20 Å². The molecular weight excluding hydrogens is 440 g/mol. The summed E-state index contributed by atoms with van der Waals surface area (Å²) < 4.78 is 5.37. The summed E-state index contributed by atoms with van der Waals surface area (Å²) >= 11 is 4.99. The quantitative estimate of drug-likeness (QED) is 0.624. The van der Waals surface area contributed by atoms with Crippen LogP contribution in [-0.2, 0) is 4.74 Å². The number of pyridine rings is 2. The zero-order chi connectivity index (χ0) is 23.4. The predicted molar refractivity (Wildman–Crippen MR) is 130 cm³/mol. The van der Waals surface area contributed by atoms with Crippen LogP contribution in [0.2, 0.25) is 0 Å². The molecule has 2 fully saturated rings. The lowest BCUT2D eigenvalue weighted by atomic mass is 10.2. The largest absolute Gasteiger partial charge is 0.464 e. The van der Waals surface area contributed by atoms with Crippen molar-refractivity contribution >= 4 is 40.6 Å². The van der Waals surface area contributed by atoms with Crippen LogP contribution < -0.4 is 15.5 Å². The highest BCUT2D eigenvalue weighted by atomic mass is 32.1. The number of aromatic nitrogens is 2. The number of ether oxygens (including phenoxy) is 1. The number of hydrogen-bond acceptors (Lipinski definition) is 8. The second kappa shape index (κ2) is 10.1. The molecule has 9 nitrogen and oxygen atoms in total. The lowest BCUT2D eigenvalue weighted by molar-refractivity contribution is 0.0738. The molecule has 10 heteroatoms. The standard InChI is InChI=1S/C23H28N6O3S/c1-15(2)26-17-4-3-9-24-21(17)28-10-12-29(13-11-28)23(31)18-6-5-16(14-25-18)22(30)27-19-7-8-20(33)32-19/h3-6,9,14-15,19,26H,7-8,10-13H2,1-2H3,(H,27,30). The van der Waals surface area contributed by atoms with Crippen LogP contribution in [0.25, 0.3) is 0 Å². The summed E-state index contributed by atoms with van der Waals surface area (Å²) in [5.41, 5.74) is 1.68. The van der Waals surface area contributed by atoms with Crippen LogP contribution >= 0.6 is 12.2 Å². The topological polar surface area (TPSA) is 99.7 Å². The van der Waals surface area contributed by atoms with Crippen LogP contribution in [-0.4, -0.2) is 70.2 Å². The van der Waals surface area contributed by atoms with Crippen molar-refractivity contribution in [3.05, 3.63) is 47.9 Å². The summed E-state index contributed by atoms with van der Waals surface area (Å²) in [5.74, 6) is 0.456. The third-order valence-electron chi connectivity index (χ3n) is 5.52. The van der Waals surface area contributed by atoms with Crippen LogP contribution in [0.15, 0.2) is 36.7 Å². The lowest BCUT2D eigenvalue weighted by Gasteiger charge is -2.36. The summed E-state index contributed by atoms with van der Waals surface area (Å²) in [6, 6.07) is 7.44. The number of carbonyl (C=O) groups is 2. The van der Waals surface area contributed by atoms with Crippen molar-refractivity contribution in [3.63, 3.8) is 0 Å². The van der Waals surface area contributed by atoms with Crippen LogP contribution in [0.4, 0.5) is 11.5 Å². The molecule has 2 saturated heterocycles. The Labute approximate surface area is 198 Å². The molecule has 0 saturated carbocycles. The average molecular weight is 469 g/mol. The van der Waals surface area contributed by atoms with E-state index in [1.807, 2.05) is 12.1 Å². The fraction of sp³-hybridized carbons (Fsp3) is 0.435. The zero-order valence-electron chi connectivity index (χ0n) is 18.8. The summed E-state index contributed by atoms with van der Waals surface area (Å²) in [5, 5.41) is 6.71. The molecule has 4 rings (SSSR count). The highest BCUT2D eigenvalue weighted by Gasteiger charge is 2.26. The van der Waals surface area contributed by atoms with Crippen LogP contribution in [0.5, 0.6) is 0 Å². The molecular formula is C23H28N6O3S. The van der Waals surface area contributed by atoms with Gasteiger partial charge in [-0.3, -0.25) is 14.6 Å². The maximum Gasteiger partial charge on any atom is 0.272 e. The third-order valence-corrected chi connectivity index (χ3v) is 5.82. The Morgan fingerprint density at radius 3 is 2.58 bits per heavy atom. The van der Waals surface area contributed by atoms with E-state index >= 15 is 0 Å². The second-order valence-corrected chi connectivity index (χ2v) is 8.83. The first kappa shape index (κ1) is 22.9. The molecule has 2 aromatic rings. The molecule has 0 aliphatic carbocycles. The number of nitrogens with one attached hydrogen (secondary N) is 2. The van der Waals surface area contributed by atoms with E-state index in [1.54, 1.807) is 23.2 Å². The number of nitrogens with zero attached hydrogens (tertiary/aromatic N) is 4. The molecule has 2 amide bonds. The van der Waals surface area contributed by atoms with Gasteiger partial charge < -0.3 is 25.2 Å². The zero-order valence-corrected chi connectivity index (χ0v) is 19.6. The summed E-state index contributed by atoms with van der Waals surface area (Å²) in [4.78, 5) is 38.0. The van der Waals surface area contributed by atoms with Crippen LogP contribution in [0.1, 0.15) is 47.5 Å². The first-order chi connectivity index (χ1) is 15.9. The molecule has 174 valence electrons. The molecule has 2 aromatic heterocycles. The Bertz CT molecular complexity index is 1020. The maximum absolute atomic E-state index is 12.9. The van der Waals surface area contributed by atoms with Gasteiger partial charge in [-0.25, -0.2) is 4.98 Å². The van der Waals surface area contributed by atoms with E-state index in [0.29, 0.717) is 61.4 Å². The van der Waals surface area contributed by atoms with Gasteiger partial charge in [0.25, 0.3) is 11.8 Å². The van der Waals surface area contributed by atoms with Crippen molar-refractivity contribution in [1.82, 2.24) is 20.2 Å². The lowest BCUT2D eigenvalue weighted by Crippen LogP contribution is -2.49. The first-order valence-corrected chi connectivity index (χ1v) is 11.5. The summed E-state index contributed by atoms with van der Waals surface area (Å²) in [6.07, 6.45) is 4.12. The molecule has 2 aliphatic rings. The molecule has 0 bridgehead atoms. The smallest absolute Gasteiger partial charge is 0.272 e. The average Bonchev–Trinajstić information content (AvgIpc) is 3.23. The van der Waals surface area contributed by atoms with E-state index in [0.717, 1.165) is 11.5 Å². The molecule has 0 spiro atoms. The molecule has 0 aromatic carbocycles. The van der Waals surface area contributed by atoms with Crippen molar-refractivity contribution in [2.24, 2.45) is 0 Å². The maximum atomic E-state index is 12.9. The minimum atomic E-state index is -0.405. The fourth-order valence-electron chi connectivity index (χ4n) is 3.87. The van der Waals surface area contributed by atoms with Crippen LogP contribution in [0, 0.1) is 0 Å². The molecule has 2 aliphatic heterocycles. The number of thiocarbonyl (C=S) groups is 1. The van der Waals surface area contributed by atoms with Gasteiger partial charge >= 0.3 is 0 Å². The minimum absolute atomic E-state index is 0.146. The van der Waals surface area contributed by atoms with Gasteiger partial charge in [0.05, 0.1) is 11.3 Å². The third kappa shape index (κ3) is 5.57. The van der Waals surface area contributed by atoms with Crippen molar-refractivity contribution in [1.29, 1.82) is 0 Å². The number of anilines is 2. The number of amides is 2. The van der Waals surface area contributed by atoms with E-state index in [4.69, 9.17) is 17.0 Å². The van der Waals surface area contributed by atoms with Gasteiger partial charge in [-0.05, 0) is 50.3 Å². The molecule has 1 atom stereocenters. The van der Waals surface area contributed by atoms with Gasteiger partial charge in [0.2, 0.25) is 0 Å². The van der Waals surface area contributed by atoms with Crippen molar-refractivity contribution in [2.45, 2.75) is 39.0 Å². The highest BCUT2D eigenvalue weighted by molar-refractivity contribution is 7.80. The fourth-order valence-corrected chi connectivity index (χ4v) is 4.10. The first-order valence-electron chi connectivity index (χ1n) is 11.1. The van der Waals surface area contributed by atoms with Crippen molar-refractivity contribution in [2.75, 3.05) is 36.4 Å². The molecule has 1 unspecified atom stereocenters. The van der Waals surface area contributed by atoms with E-state index in [-0.39, 0.29) is 11.8 Å². The second-order valence-electron chi connectivity index (χ2n) is 8.38.